The van der Waals surface area contributed by atoms with Crippen molar-refractivity contribution in [2.75, 3.05) is 13.2 Å². The lowest BCUT2D eigenvalue weighted by atomic mass is 9.94. The number of aromatic nitrogens is 1. The minimum Gasteiger partial charge on any atom is -0.507 e. The van der Waals surface area contributed by atoms with Crippen LogP contribution >= 0.6 is 0 Å². The fourth-order valence-electron chi connectivity index (χ4n) is 5.29. The first-order valence-corrected chi connectivity index (χ1v) is 14.1. The van der Waals surface area contributed by atoms with Gasteiger partial charge in [0, 0.05) is 30.9 Å². The van der Waals surface area contributed by atoms with Crippen molar-refractivity contribution in [2.24, 2.45) is 5.92 Å². The molecule has 3 aromatic rings. The van der Waals surface area contributed by atoms with Crippen LogP contribution < -0.4 is 14.2 Å². The molecule has 3 heterocycles. The van der Waals surface area contributed by atoms with Crippen molar-refractivity contribution in [2.45, 2.75) is 59.2 Å². The predicted molar refractivity (Wildman–Crippen MR) is 155 cm³/mol. The molecule has 8 nitrogen and oxygen atoms in total. The average molecular weight is 557 g/mol. The molecule has 0 bridgehead atoms. The van der Waals surface area contributed by atoms with Crippen molar-refractivity contribution in [3.63, 3.8) is 0 Å². The molecule has 0 aliphatic carbocycles. The Kier molecular flexibility index (Phi) is 8.28. The summed E-state index contributed by atoms with van der Waals surface area (Å²) in [5.41, 5.74) is 2.84. The van der Waals surface area contributed by atoms with Gasteiger partial charge < -0.3 is 24.2 Å². The van der Waals surface area contributed by atoms with E-state index in [9.17, 15) is 14.7 Å². The summed E-state index contributed by atoms with van der Waals surface area (Å²) >= 11 is 0. The van der Waals surface area contributed by atoms with E-state index in [1.54, 1.807) is 42.7 Å². The number of hydrogen-bond donors (Lipinski definition) is 1. The summed E-state index contributed by atoms with van der Waals surface area (Å²) in [5.74, 6) is 0.714. The first-order chi connectivity index (χ1) is 19.8. The quantitative estimate of drug-likeness (QED) is 0.190. The standard InChI is InChI=1S/C33H36N2O6/c1-5-39-28-17-23(8-11-27(28)40-14-12-20(2)3)30-29(31(36)24-9-10-26-25(16-24)15-21(4)41-26)32(37)33(38)35(30)19-22-7-6-13-34-18-22/h6-11,13,16-18,20-21,30,36H,5,12,14-15,19H2,1-4H3/b31-29+/t21-,30+/m1/s1. The fourth-order valence-corrected chi connectivity index (χ4v) is 5.29. The number of aliphatic hydroxyl groups excluding tert-OH is 1. The van der Waals surface area contributed by atoms with Gasteiger partial charge in [0.15, 0.2) is 11.5 Å². The average Bonchev–Trinajstić information content (AvgIpc) is 3.45. The second-order valence-electron chi connectivity index (χ2n) is 10.9. The van der Waals surface area contributed by atoms with Gasteiger partial charge in [-0.2, -0.15) is 0 Å². The van der Waals surface area contributed by atoms with Crippen LogP contribution in [0.25, 0.3) is 5.76 Å². The third kappa shape index (κ3) is 5.92. The highest BCUT2D eigenvalue weighted by molar-refractivity contribution is 6.46. The van der Waals surface area contributed by atoms with Gasteiger partial charge in [-0.15, -0.1) is 0 Å². The van der Waals surface area contributed by atoms with E-state index in [0.717, 1.165) is 23.3 Å². The molecule has 2 aliphatic rings. The molecule has 1 saturated heterocycles. The number of carbonyl (C=O) groups excluding carboxylic acids is 2. The summed E-state index contributed by atoms with van der Waals surface area (Å²) in [7, 11) is 0. The maximum absolute atomic E-state index is 13.6. The molecule has 41 heavy (non-hydrogen) atoms. The van der Waals surface area contributed by atoms with Crippen LogP contribution in [0.4, 0.5) is 0 Å². The van der Waals surface area contributed by atoms with E-state index >= 15 is 0 Å². The molecule has 1 N–H and O–H groups in total. The zero-order chi connectivity index (χ0) is 29.1. The summed E-state index contributed by atoms with van der Waals surface area (Å²) < 4.78 is 17.8. The highest BCUT2D eigenvalue weighted by atomic mass is 16.5. The number of amides is 1. The number of hydrogen-bond acceptors (Lipinski definition) is 7. The van der Waals surface area contributed by atoms with Crippen LogP contribution in [0.2, 0.25) is 0 Å². The summed E-state index contributed by atoms with van der Waals surface area (Å²) in [6, 6.07) is 13.6. The zero-order valence-electron chi connectivity index (χ0n) is 23.9. The first-order valence-electron chi connectivity index (χ1n) is 14.1. The Morgan fingerprint density at radius 1 is 1.12 bits per heavy atom. The summed E-state index contributed by atoms with van der Waals surface area (Å²) in [4.78, 5) is 32.7. The monoisotopic (exact) mass is 556 g/mol. The number of ketones is 1. The summed E-state index contributed by atoms with van der Waals surface area (Å²) in [6.45, 7) is 9.23. The van der Waals surface area contributed by atoms with Gasteiger partial charge in [0.05, 0.1) is 24.8 Å². The van der Waals surface area contributed by atoms with Crippen molar-refractivity contribution >= 4 is 17.4 Å². The van der Waals surface area contributed by atoms with E-state index in [1.807, 2.05) is 32.0 Å². The minimum atomic E-state index is -0.845. The first kappa shape index (κ1) is 28.2. The van der Waals surface area contributed by atoms with E-state index < -0.39 is 17.7 Å². The number of benzene rings is 2. The fraction of sp³-hybridized carbons (Fsp3) is 0.364. The van der Waals surface area contributed by atoms with Crippen molar-refractivity contribution in [1.82, 2.24) is 9.88 Å². The van der Waals surface area contributed by atoms with Crippen molar-refractivity contribution in [3.05, 3.63) is 88.8 Å². The second-order valence-corrected chi connectivity index (χ2v) is 10.9. The van der Waals surface area contributed by atoms with Gasteiger partial charge in [-0.1, -0.05) is 26.0 Å². The Labute approximate surface area is 240 Å². The van der Waals surface area contributed by atoms with Crippen LogP contribution in [-0.2, 0) is 22.6 Å². The van der Waals surface area contributed by atoms with E-state index in [4.69, 9.17) is 14.2 Å². The zero-order valence-corrected chi connectivity index (χ0v) is 23.9. The third-order valence-corrected chi connectivity index (χ3v) is 7.32. The number of pyridine rings is 1. The maximum Gasteiger partial charge on any atom is 0.295 e. The number of Topliss-reactive ketones (excluding diaryl/α,β-unsaturated/α-hetero) is 1. The number of fused-ring (bicyclic) bond motifs is 1. The second kappa shape index (κ2) is 12.0. The molecule has 2 aromatic carbocycles. The molecular weight excluding hydrogens is 520 g/mol. The number of likely N-dealkylation sites (tertiary alicyclic amines) is 1. The van der Waals surface area contributed by atoms with Gasteiger partial charge in [0.2, 0.25) is 0 Å². The Hall–Kier alpha value is -4.33. The number of aliphatic hydroxyl groups is 1. The molecule has 2 atom stereocenters. The smallest absolute Gasteiger partial charge is 0.295 e. The lowest BCUT2D eigenvalue weighted by molar-refractivity contribution is -0.140. The molecule has 0 radical (unpaired) electrons. The number of ether oxygens (including phenoxy) is 3. The minimum absolute atomic E-state index is 0.0294. The van der Waals surface area contributed by atoms with Gasteiger partial charge in [-0.3, -0.25) is 14.6 Å². The lowest BCUT2D eigenvalue weighted by Crippen LogP contribution is -2.29. The van der Waals surface area contributed by atoms with E-state index in [2.05, 4.69) is 18.8 Å². The molecule has 0 saturated carbocycles. The molecule has 0 spiro atoms. The van der Waals surface area contributed by atoms with Crippen LogP contribution in [-0.4, -0.2) is 46.0 Å². The van der Waals surface area contributed by atoms with E-state index in [1.165, 1.54) is 4.90 Å². The van der Waals surface area contributed by atoms with Crippen molar-refractivity contribution in [1.29, 1.82) is 0 Å². The highest BCUT2D eigenvalue weighted by Gasteiger charge is 2.46. The normalized spacial score (nSPS) is 19.4. The number of rotatable bonds is 10. The number of carbonyl (C=O) groups is 2. The molecule has 8 heteroatoms. The predicted octanol–water partition coefficient (Wildman–Crippen LogP) is 5.85. The van der Waals surface area contributed by atoms with Gasteiger partial charge in [-0.25, -0.2) is 0 Å². The topological polar surface area (TPSA) is 98.2 Å². The summed E-state index contributed by atoms with van der Waals surface area (Å²) in [5, 5.41) is 11.6. The van der Waals surface area contributed by atoms with Crippen LogP contribution in [0.15, 0.2) is 66.5 Å². The van der Waals surface area contributed by atoms with Gasteiger partial charge in [0.25, 0.3) is 11.7 Å². The lowest BCUT2D eigenvalue weighted by Gasteiger charge is -2.26. The number of nitrogens with zero attached hydrogens (tertiary/aromatic N) is 2. The van der Waals surface area contributed by atoms with Gasteiger partial charge in [0.1, 0.15) is 17.6 Å². The molecule has 1 aromatic heterocycles. The SMILES string of the molecule is CCOc1cc([C@H]2/C(=C(\O)c3ccc4c(c3)C[C@@H](C)O4)C(=O)C(=O)N2Cc2cccnc2)ccc1OCCC(C)C. The van der Waals surface area contributed by atoms with Crippen LogP contribution in [0.1, 0.15) is 62.4 Å². The third-order valence-electron chi connectivity index (χ3n) is 7.32. The highest BCUT2D eigenvalue weighted by Crippen LogP contribution is 2.43. The Morgan fingerprint density at radius 2 is 1.95 bits per heavy atom. The largest absolute Gasteiger partial charge is 0.507 e. The van der Waals surface area contributed by atoms with Crippen LogP contribution in [0, 0.1) is 5.92 Å². The molecule has 0 unspecified atom stereocenters. The maximum atomic E-state index is 13.6. The van der Waals surface area contributed by atoms with E-state index in [0.29, 0.717) is 48.2 Å². The molecular formula is C33H36N2O6. The molecule has 1 fully saturated rings. The van der Waals surface area contributed by atoms with Crippen molar-refractivity contribution < 1.29 is 28.9 Å². The Bertz CT molecular complexity index is 1470. The molecule has 214 valence electrons. The Morgan fingerprint density at radius 3 is 2.68 bits per heavy atom. The van der Waals surface area contributed by atoms with Gasteiger partial charge >= 0.3 is 0 Å². The van der Waals surface area contributed by atoms with Crippen molar-refractivity contribution in [3.8, 4) is 17.2 Å². The van der Waals surface area contributed by atoms with Crippen LogP contribution in [0.5, 0.6) is 17.2 Å². The Balaban J connectivity index is 1.60. The van der Waals surface area contributed by atoms with Crippen LogP contribution in [0.3, 0.4) is 0 Å². The molecule has 1 amide bonds. The summed E-state index contributed by atoms with van der Waals surface area (Å²) in [6.07, 6.45) is 4.94. The van der Waals surface area contributed by atoms with Gasteiger partial charge in [-0.05, 0) is 79.3 Å². The molecule has 2 aliphatic heterocycles. The molecule has 5 rings (SSSR count). The van der Waals surface area contributed by atoms with E-state index in [-0.39, 0.29) is 24.0 Å².